The average Bonchev–Trinajstić information content (AvgIpc) is 3.10. The van der Waals surface area contributed by atoms with Crippen molar-refractivity contribution in [3.63, 3.8) is 0 Å². The number of carbonyl (C=O) groups is 3. The van der Waals surface area contributed by atoms with Gasteiger partial charge in [0, 0.05) is 29.8 Å². The Kier molecular flexibility index (Phi) is 9.54. The molecule has 1 aliphatic heterocycles. The normalized spacial score (nSPS) is 25.8. The number of benzene rings is 1. The van der Waals surface area contributed by atoms with Gasteiger partial charge in [0.05, 0.1) is 18.4 Å². The van der Waals surface area contributed by atoms with Crippen LogP contribution in [0.4, 0.5) is 5.69 Å². The molecule has 34 heavy (non-hydrogen) atoms. The average molecular weight is 491 g/mol. The third-order valence-corrected chi connectivity index (χ3v) is 6.98. The summed E-state index contributed by atoms with van der Waals surface area (Å²) in [6.07, 6.45) is 7.66. The van der Waals surface area contributed by atoms with Crippen LogP contribution >= 0.6 is 11.6 Å². The summed E-state index contributed by atoms with van der Waals surface area (Å²) in [6.45, 7) is 4.54. The third kappa shape index (κ3) is 5.81. The highest BCUT2D eigenvalue weighted by Gasteiger charge is 2.57. The third-order valence-electron chi connectivity index (χ3n) is 6.73. The maximum absolute atomic E-state index is 13.7. The van der Waals surface area contributed by atoms with Crippen LogP contribution in [0.5, 0.6) is 0 Å². The zero-order valence-electron chi connectivity index (χ0n) is 19.9. The van der Waals surface area contributed by atoms with Crippen molar-refractivity contribution in [2.45, 2.75) is 52.0 Å². The van der Waals surface area contributed by atoms with Gasteiger partial charge < -0.3 is 20.1 Å². The topological polar surface area (TPSA) is 95.9 Å². The first-order valence-electron chi connectivity index (χ1n) is 12.3. The molecule has 0 radical (unpaired) electrons. The first-order chi connectivity index (χ1) is 16.4. The van der Waals surface area contributed by atoms with Gasteiger partial charge in [-0.25, -0.2) is 0 Å². The number of hydrogen-bond acceptors (Lipinski definition) is 5. The van der Waals surface area contributed by atoms with Crippen LogP contribution in [0.1, 0.15) is 46.0 Å². The molecule has 2 amide bonds. The van der Waals surface area contributed by atoms with Gasteiger partial charge in [-0.1, -0.05) is 37.1 Å². The van der Waals surface area contributed by atoms with Gasteiger partial charge in [0.15, 0.2) is 0 Å². The fourth-order valence-electron chi connectivity index (χ4n) is 5.23. The number of fused-ring (bicyclic) bond motifs is 1. The lowest BCUT2D eigenvalue weighted by Crippen LogP contribution is -2.44. The second kappa shape index (κ2) is 12.4. The first kappa shape index (κ1) is 26.2. The number of nitrogens with zero attached hydrogens (tertiary/aromatic N) is 1. The lowest BCUT2D eigenvalue weighted by atomic mass is 9.69. The molecule has 0 spiro atoms. The van der Waals surface area contributed by atoms with Crippen LogP contribution < -0.4 is 5.32 Å². The largest absolute Gasteiger partial charge is 0.466 e. The quantitative estimate of drug-likeness (QED) is 0.277. The molecule has 0 bridgehead atoms. The van der Waals surface area contributed by atoms with Gasteiger partial charge >= 0.3 is 5.97 Å². The minimum atomic E-state index is -0.724. The number of ether oxygens (including phenoxy) is 1. The molecule has 1 fully saturated rings. The smallest absolute Gasteiger partial charge is 0.310 e. The fourth-order valence-corrected chi connectivity index (χ4v) is 5.35. The van der Waals surface area contributed by atoms with Crippen molar-refractivity contribution in [1.29, 1.82) is 0 Å². The number of carbonyl (C=O) groups excluding carboxylic acids is 3. The molecule has 5 atom stereocenters. The summed E-state index contributed by atoms with van der Waals surface area (Å²) in [5.74, 6) is -2.56. The Morgan fingerprint density at radius 3 is 2.50 bits per heavy atom. The van der Waals surface area contributed by atoms with E-state index in [1.165, 1.54) is 0 Å². The van der Waals surface area contributed by atoms with Crippen molar-refractivity contribution in [2.75, 3.05) is 25.1 Å². The van der Waals surface area contributed by atoms with E-state index in [-0.39, 0.29) is 36.9 Å². The molecule has 2 aliphatic rings. The Labute approximate surface area is 206 Å². The van der Waals surface area contributed by atoms with Gasteiger partial charge in [0.25, 0.3) is 0 Å². The molecule has 0 saturated carbocycles. The molecule has 0 unspecified atom stereocenters. The molecule has 2 N–H and O–H groups in total. The molecule has 0 aromatic heterocycles. The molecular formula is C26H35ClN2O5. The van der Waals surface area contributed by atoms with Gasteiger partial charge in [0.2, 0.25) is 11.8 Å². The van der Waals surface area contributed by atoms with Crippen molar-refractivity contribution in [3.8, 4) is 0 Å². The predicted molar refractivity (Wildman–Crippen MR) is 131 cm³/mol. The van der Waals surface area contributed by atoms with Crippen molar-refractivity contribution >= 4 is 35.1 Å². The van der Waals surface area contributed by atoms with E-state index in [9.17, 15) is 14.4 Å². The van der Waals surface area contributed by atoms with Gasteiger partial charge in [-0.2, -0.15) is 0 Å². The minimum Gasteiger partial charge on any atom is -0.466 e. The van der Waals surface area contributed by atoms with Crippen molar-refractivity contribution in [3.05, 3.63) is 41.4 Å². The number of hydrogen-bond donors (Lipinski definition) is 2. The molecule has 3 rings (SSSR count). The van der Waals surface area contributed by atoms with Crippen LogP contribution in [0.25, 0.3) is 0 Å². The summed E-state index contributed by atoms with van der Waals surface area (Å²) in [5.41, 5.74) is 0.594. The first-order valence-corrected chi connectivity index (χ1v) is 12.6. The fraction of sp³-hybridized carbons (Fsp3) is 0.577. The summed E-state index contributed by atoms with van der Waals surface area (Å²) in [5, 5.41) is 12.6. The van der Waals surface area contributed by atoms with Crippen molar-refractivity contribution in [2.24, 2.45) is 23.7 Å². The van der Waals surface area contributed by atoms with E-state index in [1.807, 2.05) is 12.2 Å². The summed E-state index contributed by atoms with van der Waals surface area (Å²) in [6, 6.07) is 6.10. The maximum atomic E-state index is 13.7. The van der Waals surface area contributed by atoms with E-state index in [0.717, 1.165) is 19.3 Å². The van der Waals surface area contributed by atoms with Gasteiger partial charge in [-0.15, -0.1) is 0 Å². The zero-order chi connectivity index (χ0) is 24.7. The molecule has 1 saturated heterocycles. The monoisotopic (exact) mass is 490 g/mol. The maximum Gasteiger partial charge on any atom is 0.310 e. The highest BCUT2D eigenvalue weighted by molar-refractivity contribution is 6.30. The molecular weight excluding hydrogens is 456 g/mol. The number of anilines is 1. The van der Waals surface area contributed by atoms with Gasteiger partial charge in [0.1, 0.15) is 6.04 Å². The summed E-state index contributed by atoms with van der Waals surface area (Å²) >= 11 is 5.97. The van der Waals surface area contributed by atoms with E-state index in [4.69, 9.17) is 21.4 Å². The second-order valence-corrected chi connectivity index (χ2v) is 9.41. The van der Waals surface area contributed by atoms with Gasteiger partial charge in [-0.3, -0.25) is 14.4 Å². The van der Waals surface area contributed by atoms with Crippen LogP contribution in [0.2, 0.25) is 5.02 Å². The Hall–Kier alpha value is -2.38. The molecule has 1 aliphatic carbocycles. The number of amides is 2. The zero-order valence-corrected chi connectivity index (χ0v) is 20.7. The number of allylic oxidation sites excluding steroid dienone is 1. The van der Waals surface area contributed by atoms with Crippen LogP contribution in [-0.2, 0) is 19.1 Å². The standard InChI is InChI=1S/C26H35ClN2O5/c1-3-8-17-9-14-20-22(21(17)26(33)34-4-2)25(32)29(15-6-5-7-16-30)23(20)24(31)28-19-12-10-18(27)11-13-19/h9-14,17,20-23,30H,3-8,15-16H2,1-2H3,(H,28,31)/t17-,20+,21-,22+,23+/m1/s1. The number of rotatable bonds is 11. The van der Waals surface area contributed by atoms with Crippen molar-refractivity contribution in [1.82, 2.24) is 4.90 Å². The molecule has 1 heterocycles. The number of halogens is 1. The highest BCUT2D eigenvalue weighted by Crippen LogP contribution is 2.46. The second-order valence-electron chi connectivity index (χ2n) is 8.98. The molecule has 1 aromatic rings. The number of esters is 1. The van der Waals surface area contributed by atoms with E-state index in [0.29, 0.717) is 30.1 Å². The van der Waals surface area contributed by atoms with E-state index < -0.39 is 23.8 Å². The molecule has 7 nitrogen and oxygen atoms in total. The Balaban J connectivity index is 1.92. The van der Waals surface area contributed by atoms with Crippen LogP contribution in [0, 0.1) is 23.7 Å². The van der Waals surface area contributed by atoms with E-state index in [2.05, 4.69) is 12.2 Å². The summed E-state index contributed by atoms with van der Waals surface area (Å²) < 4.78 is 5.38. The Morgan fingerprint density at radius 2 is 1.85 bits per heavy atom. The van der Waals surface area contributed by atoms with Crippen molar-refractivity contribution < 1.29 is 24.2 Å². The summed E-state index contributed by atoms with van der Waals surface area (Å²) in [4.78, 5) is 41.8. The van der Waals surface area contributed by atoms with Gasteiger partial charge in [-0.05, 0) is 62.8 Å². The molecule has 186 valence electrons. The number of aliphatic hydroxyl groups is 1. The van der Waals surface area contributed by atoms with Crippen LogP contribution in [0.15, 0.2) is 36.4 Å². The lowest BCUT2D eigenvalue weighted by molar-refractivity contribution is -0.155. The number of nitrogens with one attached hydrogen (secondary N) is 1. The predicted octanol–water partition coefficient (Wildman–Crippen LogP) is 4.05. The minimum absolute atomic E-state index is 0.0893. The Bertz CT molecular complexity index is 888. The summed E-state index contributed by atoms with van der Waals surface area (Å²) in [7, 11) is 0. The molecule has 8 heteroatoms. The SMILES string of the molecule is CCC[C@@H]1C=C[C@H]2[C@H](C(=O)N(CCCCCO)[C@@H]2C(=O)Nc2ccc(Cl)cc2)[C@@H]1C(=O)OCC. The van der Waals surface area contributed by atoms with E-state index in [1.54, 1.807) is 36.1 Å². The highest BCUT2D eigenvalue weighted by atomic mass is 35.5. The Morgan fingerprint density at radius 1 is 1.12 bits per heavy atom. The number of unbranched alkanes of at least 4 members (excludes halogenated alkanes) is 2. The lowest BCUT2D eigenvalue weighted by Gasteiger charge is -2.33. The number of aliphatic hydroxyl groups excluding tert-OH is 1. The number of likely N-dealkylation sites (tertiary alicyclic amines) is 1. The van der Waals surface area contributed by atoms with Crippen LogP contribution in [0.3, 0.4) is 0 Å². The van der Waals surface area contributed by atoms with Crippen LogP contribution in [-0.4, -0.2) is 53.6 Å². The van der Waals surface area contributed by atoms with E-state index >= 15 is 0 Å². The molecule has 1 aromatic carbocycles.